The first-order valence-corrected chi connectivity index (χ1v) is 10.9. The third-order valence-corrected chi connectivity index (χ3v) is 6.52. The van der Waals surface area contributed by atoms with Gasteiger partial charge in [0.05, 0.1) is 13.0 Å². The molecule has 1 amide bonds. The van der Waals surface area contributed by atoms with E-state index in [1.165, 1.54) is 30.4 Å². The Morgan fingerprint density at radius 2 is 1.86 bits per heavy atom. The van der Waals surface area contributed by atoms with Gasteiger partial charge >= 0.3 is 0 Å². The number of hydrogen-bond donors (Lipinski definition) is 1. The first-order chi connectivity index (χ1) is 14.2. The lowest BCUT2D eigenvalue weighted by Gasteiger charge is -2.42. The fraction of sp³-hybridized carbons (Fsp3) is 0.480. The second kappa shape index (κ2) is 9.10. The zero-order chi connectivity index (χ0) is 20.1. The highest BCUT2D eigenvalue weighted by molar-refractivity contribution is 5.99. The van der Waals surface area contributed by atoms with Gasteiger partial charge in [0.2, 0.25) is 5.91 Å². The minimum absolute atomic E-state index is 0.106. The topological polar surface area (TPSA) is 41.6 Å². The minimum atomic E-state index is 0.106. The number of anilines is 1. The highest BCUT2D eigenvalue weighted by Crippen LogP contribution is 2.37. The van der Waals surface area contributed by atoms with Gasteiger partial charge in [-0.15, -0.1) is 0 Å². The van der Waals surface area contributed by atoms with E-state index in [2.05, 4.69) is 65.7 Å². The van der Waals surface area contributed by atoms with E-state index in [1.54, 1.807) is 0 Å². The summed E-state index contributed by atoms with van der Waals surface area (Å²) in [6.45, 7) is 6.93. The van der Waals surface area contributed by atoms with Crippen molar-refractivity contribution in [2.24, 2.45) is 5.41 Å². The molecule has 4 nitrogen and oxygen atoms in total. The maximum atomic E-state index is 11.6. The maximum absolute atomic E-state index is 11.6. The van der Waals surface area contributed by atoms with E-state index in [-0.39, 0.29) is 11.3 Å². The van der Waals surface area contributed by atoms with Gasteiger partial charge in [-0.1, -0.05) is 42.5 Å². The number of amides is 1. The molecule has 154 valence electrons. The van der Waals surface area contributed by atoms with Gasteiger partial charge in [-0.3, -0.25) is 9.69 Å². The normalized spacial score (nSPS) is 18.4. The van der Waals surface area contributed by atoms with Crippen LogP contribution in [0.25, 0.3) is 0 Å². The highest BCUT2D eigenvalue weighted by Gasteiger charge is 2.34. The summed E-state index contributed by atoms with van der Waals surface area (Å²) >= 11 is 0. The molecule has 0 aromatic heterocycles. The van der Waals surface area contributed by atoms with Crippen LogP contribution in [0.4, 0.5) is 5.69 Å². The molecule has 2 aromatic rings. The van der Waals surface area contributed by atoms with Gasteiger partial charge in [0.1, 0.15) is 0 Å². The number of aryl methyl sites for hydroxylation is 1. The first-order valence-electron chi connectivity index (χ1n) is 10.9. The van der Waals surface area contributed by atoms with E-state index < -0.39 is 0 Å². The number of ether oxygens (including phenoxy) is 1. The summed E-state index contributed by atoms with van der Waals surface area (Å²) in [5.74, 6) is 0.106. The summed E-state index contributed by atoms with van der Waals surface area (Å²) in [6, 6.07) is 17.2. The molecular formula is C25H32N2O2. The van der Waals surface area contributed by atoms with E-state index in [4.69, 9.17) is 4.74 Å². The summed E-state index contributed by atoms with van der Waals surface area (Å²) in [5, 5.41) is 2.92. The van der Waals surface area contributed by atoms with E-state index >= 15 is 0 Å². The summed E-state index contributed by atoms with van der Waals surface area (Å²) in [5.41, 5.74) is 5.14. The van der Waals surface area contributed by atoms with Gasteiger partial charge < -0.3 is 10.1 Å². The van der Waals surface area contributed by atoms with Gasteiger partial charge in [0.25, 0.3) is 0 Å². The van der Waals surface area contributed by atoms with Crippen molar-refractivity contribution in [1.29, 1.82) is 0 Å². The van der Waals surface area contributed by atoms with E-state index in [9.17, 15) is 4.79 Å². The smallest absolute Gasteiger partial charge is 0.228 e. The van der Waals surface area contributed by atoms with Gasteiger partial charge in [0, 0.05) is 18.8 Å². The Morgan fingerprint density at radius 3 is 2.62 bits per heavy atom. The monoisotopic (exact) mass is 392 g/mol. The van der Waals surface area contributed by atoms with Crippen molar-refractivity contribution in [2.45, 2.75) is 45.6 Å². The number of likely N-dealkylation sites (tertiary alicyclic amines) is 1. The van der Waals surface area contributed by atoms with Gasteiger partial charge in [-0.05, 0) is 73.9 Å². The highest BCUT2D eigenvalue weighted by atomic mass is 16.5. The summed E-state index contributed by atoms with van der Waals surface area (Å²) in [4.78, 5) is 14.1. The zero-order valence-electron chi connectivity index (χ0n) is 17.5. The van der Waals surface area contributed by atoms with Crippen molar-refractivity contribution in [3.8, 4) is 0 Å². The Balaban J connectivity index is 1.35. The number of carbonyl (C=O) groups is 1. The number of benzene rings is 2. The Bertz CT molecular complexity index is 826. The van der Waals surface area contributed by atoms with Crippen molar-refractivity contribution in [3.05, 3.63) is 65.2 Å². The first kappa shape index (κ1) is 20.1. The van der Waals surface area contributed by atoms with Crippen LogP contribution in [0.15, 0.2) is 48.5 Å². The molecule has 0 unspecified atom stereocenters. The largest absolute Gasteiger partial charge is 0.381 e. The quantitative estimate of drug-likeness (QED) is 0.722. The molecule has 2 heterocycles. The summed E-state index contributed by atoms with van der Waals surface area (Å²) in [7, 11) is 0. The van der Waals surface area contributed by atoms with Gasteiger partial charge in [0.15, 0.2) is 0 Å². The molecule has 0 spiro atoms. The number of piperidine rings is 1. The molecule has 0 bridgehead atoms. The van der Waals surface area contributed by atoms with Crippen LogP contribution < -0.4 is 5.32 Å². The van der Waals surface area contributed by atoms with Gasteiger partial charge in [-0.25, -0.2) is 0 Å². The van der Waals surface area contributed by atoms with Crippen LogP contribution in [0, 0.1) is 5.41 Å². The molecule has 2 aliphatic heterocycles. The molecule has 1 saturated heterocycles. The summed E-state index contributed by atoms with van der Waals surface area (Å²) < 4.78 is 5.92. The molecule has 1 fully saturated rings. The van der Waals surface area contributed by atoms with Crippen molar-refractivity contribution in [1.82, 2.24) is 4.90 Å². The number of fused-ring (bicyclic) bond motifs is 1. The lowest BCUT2D eigenvalue weighted by atomic mass is 9.74. The third-order valence-electron chi connectivity index (χ3n) is 6.52. The maximum Gasteiger partial charge on any atom is 0.228 e. The van der Waals surface area contributed by atoms with Crippen LogP contribution in [-0.2, 0) is 28.9 Å². The van der Waals surface area contributed by atoms with Crippen LogP contribution in [0.2, 0.25) is 0 Å². The lowest BCUT2D eigenvalue weighted by Crippen LogP contribution is -2.42. The predicted molar refractivity (Wildman–Crippen MR) is 117 cm³/mol. The average molecular weight is 393 g/mol. The molecule has 1 N–H and O–H groups in total. The van der Waals surface area contributed by atoms with Crippen LogP contribution in [0.5, 0.6) is 0 Å². The molecule has 4 rings (SSSR count). The molecule has 4 heteroatoms. The van der Waals surface area contributed by atoms with Crippen LogP contribution in [0.1, 0.15) is 42.9 Å². The van der Waals surface area contributed by atoms with Crippen molar-refractivity contribution in [3.63, 3.8) is 0 Å². The Kier molecular flexibility index (Phi) is 6.31. The minimum Gasteiger partial charge on any atom is -0.381 e. The molecule has 29 heavy (non-hydrogen) atoms. The number of rotatable bonds is 8. The molecule has 2 aliphatic rings. The number of carbonyl (C=O) groups excluding carboxylic acids is 1. The van der Waals surface area contributed by atoms with Crippen LogP contribution in [0.3, 0.4) is 0 Å². The molecule has 0 saturated carbocycles. The molecule has 0 atom stereocenters. The Labute approximate surface area is 174 Å². The third kappa shape index (κ3) is 5.06. The van der Waals surface area contributed by atoms with Crippen LogP contribution >= 0.6 is 0 Å². The van der Waals surface area contributed by atoms with Crippen molar-refractivity contribution >= 4 is 11.6 Å². The Morgan fingerprint density at radius 1 is 1.07 bits per heavy atom. The summed E-state index contributed by atoms with van der Waals surface area (Å²) in [6.07, 6.45) is 5.20. The van der Waals surface area contributed by atoms with E-state index in [0.29, 0.717) is 6.42 Å². The van der Waals surface area contributed by atoms with Crippen molar-refractivity contribution in [2.75, 3.05) is 31.6 Å². The van der Waals surface area contributed by atoms with E-state index in [1.807, 2.05) is 0 Å². The molecule has 0 aliphatic carbocycles. The van der Waals surface area contributed by atoms with E-state index in [0.717, 1.165) is 50.5 Å². The number of nitrogens with zero attached hydrogens (tertiary/aromatic N) is 1. The second-order valence-corrected chi connectivity index (χ2v) is 8.62. The number of nitrogens with one attached hydrogen (secondary N) is 1. The lowest BCUT2D eigenvalue weighted by molar-refractivity contribution is -0.115. The fourth-order valence-corrected chi connectivity index (χ4v) is 4.66. The van der Waals surface area contributed by atoms with Crippen LogP contribution in [-0.4, -0.2) is 37.1 Å². The molecule has 2 aromatic carbocycles. The number of hydrogen-bond acceptors (Lipinski definition) is 3. The SMILES string of the molecule is CCOCC1(CCc2ccccc2)CCN(Cc2ccc3c(c2)CC(=O)N3)CC1. The second-order valence-electron chi connectivity index (χ2n) is 8.62. The Hall–Kier alpha value is -2.17. The molecular weight excluding hydrogens is 360 g/mol. The average Bonchev–Trinajstić information content (AvgIpc) is 3.12. The van der Waals surface area contributed by atoms with Crippen molar-refractivity contribution < 1.29 is 9.53 Å². The predicted octanol–water partition coefficient (Wildman–Crippen LogP) is 4.43. The zero-order valence-corrected chi connectivity index (χ0v) is 17.5. The standard InChI is InChI=1S/C25H32N2O2/c1-2-29-19-25(11-10-20-6-4-3-5-7-20)12-14-27(15-13-25)18-21-8-9-23-22(16-21)17-24(28)26-23/h3-9,16H,2,10-15,17-19H2,1H3,(H,26,28). The molecule has 0 radical (unpaired) electrons. The van der Waals surface area contributed by atoms with Gasteiger partial charge in [-0.2, -0.15) is 0 Å². The fourth-order valence-electron chi connectivity index (χ4n) is 4.66.